The van der Waals surface area contributed by atoms with E-state index in [1.165, 1.54) is 11.1 Å². The van der Waals surface area contributed by atoms with Gasteiger partial charge >= 0.3 is 218 Å². The number of hydrogen-bond acceptors (Lipinski definition) is 0. The predicted molar refractivity (Wildman–Crippen MR) is 148 cm³/mol. The van der Waals surface area contributed by atoms with Gasteiger partial charge in [0.15, 0.2) is 0 Å². The maximum atomic E-state index is 2.56. The van der Waals surface area contributed by atoms with Crippen LogP contribution in [0.3, 0.4) is 0 Å². The molecule has 0 atom stereocenters. The number of hydrogen-bond donors (Lipinski definition) is 0. The quantitative estimate of drug-likeness (QED) is 0.242. The molecular weight excluding hydrogens is 616 g/mol. The van der Waals surface area contributed by atoms with Gasteiger partial charge in [0.1, 0.15) is 0 Å². The van der Waals surface area contributed by atoms with Crippen molar-refractivity contribution in [3.8, 4) is 0 Å². The van der Waals surface area contributed by atoms with Crippen LogP contribution < -0.4 is 7.22 Å². The Morgan fingerprint density at radius 3 is 0.750 bits per heavy atom. The summed E-state index contributed by atoms with van der Waals surface area (Å²) in [7, 11) is 0. The van der Waals surface area contributed by atoms with Gasteiger partial charge in [0.05, 0.1) is 0 Å². The van der Waals surface area contributed by atoms with Crippen molar-refractivity contribution in [3.05, 3.63) is 57.6 Å². The van der Waals surface area contributed by atoms with Gasteiger partial charge in [-0.25, -0.2) is 0 Å². The molecule has 32 heavy (non-hydrogen) atoms. The van der Waals surface area contributed by atoms with Crippen molar-refractivity contribution >= 4 is 41.3 Å². The maximum absolute atomic E-state index is 2.56. The second-order valence-electron chi connectivity index (χ2n) is 11.2. The predicted octanol–water partition coefficient (Wildman–Crippen LogP) is 7.70. The summed E-state index contributed by atoms with van der Waals surface area (Å²) in [4.78, 5) is 0. The molecule has 0 saturated carbocycles. The van der Waals surface area contributed by atoms with E-state index in [1.54, 1.807) is 29.5 Å². The summed E-state index contributed by atoms with van der Waals surface area (Å²) < 4.78 is 3.59. The summed E-state index contributed by atoms with van der Waals surface area (Å²) in [5.41, 5.74) is 9.68. The van der Waals surface area contributed by atoms with Crippen molar-refractivity contribution in [2.24, 2.45) is 0 Å². The molecule has 0 unspecified atom stereocenters. The van der Waals surface area contributed by atoms with E-state index < -0.39 is 0 Å². The number of benzene rings is 2. The van der Waals surface area contributed by atoms with Gasteiger partial charge in [-0.05, 0) is 0 Å². The molecule has 0 aliphatic carbocycles. The van der Waals surface area contributed by atoms with Crippen molar-refractivity contribution in [1.29, 1.82) is 0 Å². The monoisotopic (exact) mass is 666 g/mol. The van der Waals surface area contributed by atoms with Crippen molar-refractivity contribution in [2.45, 2.75) is 119 Å². The fraction of sp³-hybridized carbons (Fsp3) is 0.600. The van der Waals surface area contributed by atoms with E-state index in [-0.39, 0.29) is 34.1 Å². The Bertz CT molecular complexity index is 768. The third-order valence-electron chi connectivity index (χ3n) is 6.37. The van der Waals surface area contributed by atoms with Gasteiger partial charge in [0.25, 0.3) is 0 Å². The normalized spacial score (nSPS) is 12.4. The van der Waals surface area contributed by atoms with Crippen LogP contribution in [0.4, 0.5) is 0 Å². The van der Waals surface area contributed by atoms with Gasteiger partial charge in [-0.1, -0.05) is 0 Å². The van der Waals surface area contributed by atoms with E-state index in [0.717, 1.165) is 0 Å². The van der Waals surface area contributed by atoms with Gasteiger partial charge in [-0.15, -0.1) is 0 Å². The van der Waals surface area contributed by atoms with Crippen molar-refractivity contribution in [1.82, 2.24) is 0 Å². The molecule has 0 nitrogen and oxygen atoms in total. The SMILES string of the molecule is CC(C)c1cc(C(C)C)c([Te][Te]c2c(C(C)C)cc(C(C)C)cc2C(C)C)c(C(C)C)c1. The first-order chi connectivity index (χ1) is 14.8. The van der Waals surface area contributed by atoms with Crippen LogP contribution in [-0.4, -0.2) is 34.1 Å². The molecule has 0 aliphatic rings. The van der Waals surface area contributed by atoms with E-state index in [9.17, 15) is 0 Å². The molecule has 178 valence electrons. The molecule has 0 saturated heterocycles. The zero-order valence-corrected chi connectivity index (χ0v) is 27.3. The third kappa shape index (κ3) is 6.79. The minimum atomic E-state index is -0.202. The molecule has 2 rings (SSSR count). The van der Waals surface area contributed by atoms with E-state index >= 15 is 0 Å². The fourth-order valence-electron chi connectivity index (χ4n) is 4.05. The Morgan fingerprint density at radius 2 is 0.594 bits per heavy atom. The van der Waals surface area contributed by atoms with E-state index in [0.29, 0.717) is 35.5 Å². The molecule has 0 heterocycles. The molecule has 2 aromatic rings. The van der Waals surface area contributed by atoms with E-state index in [2.05, 4.69) is 107 Å². The van der Waals surface area contributed by atoms with Crippen molar-refractivity contribution in [2.75, 3.05) is 0 Å². The first-order valence-corrected chi connectivity index (χ1v) is 22.2. The van der Waals surface area contributed by atoms with Crippen LogP contribution in [0, 0.1) is 0 Å². The van der Waals surface area contributed by atoms with Gasteiger partial charge in [0.2, 0.25) is 0 Å². The topological polar surface area (TPSA) is 0 Å². The van der Waals surface area contributed by atoms with E-state index in [1.807, 2.05) is 0 Å². The first kappa shape index (κ1) is 28.3. The van der Waals surface area contributed by atoms with Crippen LogP contribution in [0.25, 0.3) is 0 Å². The average Bonchev–Trinajstić information content (AvgIpc) is 2.70. The van der Waals surface area contributed by atoms with Gasteiger partial charge in [0, 0.05) is 0 Å². The average molecular weight is 662 g/mol. The molecule has 0 fully saturated rings. The Labute approximate surface area is 216 Å². The van der Waals surface area contributed by atoms with Crippen LogP contribution >= 0.6 is 0 Å². The summed E-state index contributed by atoms with van der Waals surface area (Å²) in [5, 5.41) is 0. The molecule has 0 aliphatic heterocycles. The molecule has 2 aromatic carbocycles. The molecule has 0 aromatic heterocycles. The Hall–Kier alpha value is 0.0192. The van der Waals surface area contributed by atoms with E-state index in [4.69, 9.17) is 0 Å². The fourth-order valence-corrected chi connectivity index (χ4v) is 19.6. The molecule has 0 spiro atoms. The summed E-state index contributed by atoms with van der Waals surface area (Å²) in [6.45, 7) is 28.6. The molecular formula is C30H46Te2. The molecule has 0 amide bonds. The van der Waals surface area contributed by atoms with Crippen LogP contribution in [-0.2, 0) is 0 Å². The van der Waals surface area contributed by atoms with Crippen molar-refractivity contribution < 1.29 is 0 Å². The Balaban J connectivity index is 2.63. The zero-order valence-electron chi connectivity index (χ0n) is 22.6. The minimum absolute atomic E-state index is 0.202. The van der Waals surface area contributed by atoms with Crippen LogP contribution in [0.1, 0.15) is 152 Å². The van der Waals surface area contributed by atoms with Crippen LogP contribution in [0.15, 0.2) is 24.3 Å². The standard InChI is InChI=1S/C30H46Te2/c1-17(2)23-13-25(19(5)6)29(26(14-23)20(7)8)31-32-30-27(21(9)10)15-24(18(3)4)16-28(30)22(11)12/h13-22H,1-12H3. The molecule has 2 heteroatoms. The molecule has 0 radical (unpaired) electrons. The van der Waals surface area contributed by atoms with Crippen molar-refractivity contribution in [3.63, 3.8) is 0 Å². The summed E-state index contributed by atoms with van der Waals surface area (Å²) in [6.07, 6.45) is 0. The van der Waals surface area contributed by atoms with Gasteiger partial charge in [-0.2, -0.15) is 0 Å². The zero-order chi connectivity index (χ0) is 24.3. The molecule has 0 bridgehead atoms. The number of rotatable bonds is 9. The third-order valence-corrected chi connectivity index (χ3v) is 18.2. The second kappa shape index (κ2) is 12.1. The Kier molecular flexibility index (Phi) is 10.7. The summed E-state index contributed by atoms with van der Waals surface area (Å²) in [5.74, 6) is 3.62. The van der Waals surface area contributed by atoms with Gasteiger partial charge < -0.3 is 0 Å². The second-order valence-corrected chi connectivity index (χ2v) is 20.8. The summed E-state index contributed by atoms with van der Waals surface area (Å²) in [6, 6.07) is 10.2. The summed E-state index contributed by atoms with van der Waals surface area (Å²) >= 11 is -0.403. The van der Waals surface area contributed by atoms with Crippen LogP contribution in [0.2, 0.25) is 0 Å². The Morgan fingerprint density at radius 1 is 0.375 bits per heavy atom. The first-order valence-electron chi connectivity index (χ1n) is 12.5. The van der Waals surface area contributed by atoms with Crippen LogP contribution in [0.5, 0.6) is 0 Å². The molecule has 0 N–H and O–H groups in total. The van der Waals surface area contributed by atoms with Gasteiger partial charge in [-0.3, -0.25) is 0 Å².